The first-order valence-corrected chi connectivity index (χ1v) is 28.2. The Labute approximate surface area is 406 Å². The standard InChI is InChI=1S/C33H36N5O7PSi.2C9H16N2/c1-32(2,3)47(24-15-9-5-10-16-24,25-17-11-6-12-18-25)44-20-26-33(40,46(41,42)43)19-27(45-26)38-22-36-28-29(34-21-35-30(28)38)37-31(39)23-13-7-4-8-14-23;2*1-2-5-9-10-6-4-8-11(9)7-3-1/h4-18,21-22,26-27,40H,19-20H2,1-3H3,(H2,41,42,43)(H,34,35,37,39);2*1-8H2/t26-,27-,33-;;/m1../s1. The number of hydrogen-bond donors (Lipinski definition) is 4. The van der Waals surface area contributed by atoms with E-state index in [2.05, 4.69) is 51.0 Å². The molecule has 3 aromatic carbocycles. The largest absolute Gasteiger partial charge is 0.809 e. The van der Waals surface area contributed by atoms with Crippen molar-refractivity contribution in [3.63, 3.8) is 0 Å². The van der Waals surface area contributed by atoms with Crippen LogP contribution in [0.1, 0.15) is 108 Å². The predicted octanol–water partition coefficient (Wildman–Crippen LogP) is 3.04. The van der Waals surface area contributed by atoms with Gasteiger partial charge in [-0.05, 0) is 73.7 Å². The van der Waals surface area contributed by atoms with Gasteiger partial charge >= 0.3 is 0 Å². The highest BCUT2D eigenvalue weighted by Gasteiger charge is 2.55. The van der Waals surface area contributed by atoms with E-state index in [0.717, 1.165) is 23.5 Å². The average molecular weight is 978 g/mol. The second-order valence-corrected chi connectivity index (χ2v) is 25.8. The zero-order valence-electron chi connectivity index (χ0n) is 40.2. The second-order valence-electron chi connectivity index (χ2n) is 19.7. The van der Waals surface area contributed by atoms with Gasteiger partial charge in [0.05, 0.1) is 39.1 Å². The lowest BCUT2D eigenvalue weighted by molar-refractivity contribution is -0.809. The predicted molar refractivity (Wildman–Crippen MR) is 267 cm³/mol. The van der Waals surface area contributed by atoms with Crippen LogP contribution in [0.2, 0.25) is 5.04 Å². The molecule has 69 heavy (non-hydrogen) atoms. The van der Waals surface area contributed by atoms with Crippen LogP contribution in [-0.2, 0) is 13.7 Å². The molecule has 10 rings (SSSR count). The number of amides is 1. The third-order valence-corrected chi connectivity index (χ3v) is 20.5. The molecule has 18 heteroatoms. The number of carbonyl (C=O) groups excluding carboxylic acids is 1. The third kappa shape index (κ3) is 11.5. The molecule has 7 heterocycles. The van der Waals surface area contributed by atoms with E-state index < -0.39 is 51.0 Å². The SMILES string of the molecule is C1CCC2=NCCC[NH+]2CC1.C1CCC2=NCCC[NH+]2CC1.CC(C)(C)[Si](OC[C@H]1O[C@@H](n2cnc3c(NC(=O)c4ccccc4)ncnc32)C[C@@]1(O)P(=O)([O-])[O-])(c1ccccc1)c1ccccc1. The number of aromatic nitrogens is 4. The molecule has 4 N–H and O–H groups in total. The minimum atomic E-state index is -5.67. The molecule has 0 radical (unpaired) electrons. The number of ether oxygens (including phenoxy) is 1. The van der Waals surface area contributed by atoms with Gasteiger partial charge in [-0.1, -0.05) is 99.6 Å². The first kappa shape index (κ1) is 50.6. The number of amidine groups is 2. The molecule has 3 saturated heterocycles. The molecular weight excluding hydrogens is 910 g/mol. The number of anilines is 1. The summed E-state index contributed by atoms with van der Waals surface area (Å²) >= 11 is 0. The highest BCUT2D eigenvalue weighted by Crippen LogP contribution is 2.54. The van der Waals surface area contributed by atoms with E-state index in [-0.39, 0.29) is 23.6 Å². The maximum atomic E-state index is 12.8. The van der Waals surface area contributed by atoms with Gasteiger partial charge in [-0.25, -0.2) is 24.9 Å². The molecule has 368 valence electrons. The summed E-state index contributed by atoms with van der Waals surface area (Å²) in [6, 6.07) is 27.9. The average Bonchev–Trinajstić information content (AvgIpc) is 3.73. The molecule has 0 bridgehead atoms. The van der Waals surface area contributed by atoms with E-state index in [1.807, 2.05) is 60.7 Å². The van der Waals surface area contributed by atoms with E-state index in [4.69, 9.17) is 9.16 Å². The van der Waals surface area contributed by atoms with E-state index >= 15 is 0 Å². The summed E-state index contributed by atoms with van der Waals surface area (Å²) in [5, 5.41) is 12.9. The van der Waals surface area contributed by atoms with Gasteiger partial charge in [0.15, 0.2) is 28.7 Å². The molecule has 5 aliphatic heterocycles. The second kappa shape index (κ2) is 22.5. The molecular formula is C51H68N9O7PSi. The number of carbonyl (C=O) groups is 1. The van der Waals surface area contributed by atoms with Crippen LogP contribution in [0, 0.1) is 0 Å². The smallest absolute Gasteiger partial charge is 0.261 e. The van der Waals surface area contributed by atoms with Crippen LogP contribution in [0.15, 0.2) is 114 Å². The van der Waals surface area contributed by atoms with Crippen LogP contribution in [0.3, 0.4) is 0 Å². The third-order valence-electron chi connectivity index (χ3n) is 14.1. The molecule has 5 atom stereocenters. The summed E-state index contributed by atoms with van der Waals surface area (Å²) in [5.74, 6) is 2.68. The summed E-state index contributed by atoms with van der Waals surface area (Å²) in [6.07, 6.45) is 12.9. The summed E-state index contributed by atoms with van der Waals surface area (Å²) in [6.45, 7) is 13.4. The van der Waals surface area contributed by atoms with Crippen molar-refractivity contribution in [1.29, 1.82) is 0 Å². The van der Waals surface area contributed by atoms with Crippen molar-refractivity contribution in [2.24, 2.45) is 9.98 Å². The van der Waals surface area contributed by atoms with E-state index in [0.29, 0.717) is 5.56 Å². The van der Waals surface area contributed by atoms with Crippen LogP contribution in [0.25, 0.3) is 11.2 Å². The number of imidazole rings is 1. The summed E-state index contributed by atoms with van der Waals surface area (Å²) in [5.41, 5.74) is 0.826. The van der Waals surface area contributed by atoms with Gasteiger partial charge in [0.1, 0.15) is 24.0 Å². The highest BCUT2D eigenvalue weighted by atomic mass is 31.2. The number of rotatable bonds is 9. The van der Waals surface area contributed by atoms with Crippen molar-refractivity contribution in [3.8, 4) is 0 Å². The Morgan fingerprint density at radius 2 is 1.33 bits per heavy atom. The number of aliphatic imine (C=N–C) groups is 2. The van der Waals surface area contributed by atoms with Gasteiger partial charge < -0.3 is 33.9 Å². The molecule has 0 saturated carbocycles. The number of quaternary nitrogens is 2. The molecule has 2 unspecified atom stereocenters. The van der Waals surface area contributed by atoms with Crippen LogP contribution in [0.5, 0.6) is 0 Å². The number of fused-ring (bicyclic) bond motifs is 3. The van der Waals surface area contributed by atoms with Crippen LogP contribution >= 0.6 is 7.60 Å². The van der Waals surface area contributed by atoms with Crippen molar-refractivity contribution in [1.82, 2.24) is 19.5 Å². The molecule has 1 amide bonds. The van der Waals surface area contributed by atoms with Crippen molar-refractivity contribution in [2.45, 2.75) is 114 Å². The quantitative estimate of drug-likeness (QED) is 0.125. The van der Waals surface area contributed by atoms with Gasteiger partial charge in [0, 0.05) is 50.8 Å². The summed E-state index contributed by atoms with van der Waals surface area (Å²) < 4.78 is 27.2. The zero-order chi connectivity index (χ0) is 48.5. The molecule has 5 aliphatic rings. The fourth-order valence-corrected chi connectivity index (χ4v) is 15.9. The lowest BCUT2D eigenvalue weighted by Crippen LogP contribution is -3.15. The Hall–Kier alpha value is -4.81. The monoisotopic (exact) mass is 977 g/mol. The minimum absolute atomic E-state index is 0.126. The number of hydrogen-bond acceptors (Lipinski definition) is 12. The van der Waals surface area contributed by atoms with Crippen molar-refractivity contribution < 1.29 is 43.2 Å². The van der Waals surface area contributed by atoms with Gasteiger partial charge in [0.2, 0.25) is 0 Å². The summed E-state index contributed by atoms with van der Waals surface area (Å²) in [4.78, 5) is 63.6. The van der Waals surface area contributed by atoms with Crippen molar-refractivity contribution >= 4 is 60.8 Å². The zero-order valence-corrected chi connectivity index (χ0v) is 42.1. The van der Waals surface area contributed by atoms with Crippen LogP contribution in [-0.4, -0.2) is 108 Å². The topological polar surface area (TPSA) is 208 Å². The Balaban J connectivity index is 0.000000235. The number of benzene rings is 3. The van der Waals surface area contributed by atoms with Gasteiger partial charge in [-0.3, -0.25) is 19.2 Å². The van der Waals surface area contributed by atoms with Gasteiger partial charge in [-0.2, -0.15) is 0 Å². The van der Waals surface area contributed by atoms with Crippen molar-refractivity contribution in [2.75, 3.05) is 51.2 Å². The van der Waals surface area contributed by atoms with Gasteiger partial charge in [-0.15, -0.1) is 0 Å². The molecule has 0 aliphatic carbocycles. The number of aliphatic hydroxyl groups is 1. The lowest BCUT2D eigenvalue weighted by Gasteiger charge is -2.47. The fraction of sp³-hybridized carbons (Fsp3) is 0.490. The highest BCUT2D eigenvalue weighted by molar-refractivity contribution is 7.50. The fourth-order valence-electron chi connectivity index (χ4n) is 10.4. The van der Waals surface area contributed by atoms with Crippen LogP contribution in [0.4, 0.5) is 5.82 Å². The van der Waals surface area contributed by atoms with E-state index in [1.165, 1.54) is 119 Å². The normalized spacial score (nSPS) is 24.1. The van der Waals surface area contributed by atoms with E-state index in [9.17, 15) is 24.3 Å². The Bertz CT molecular complexity index is 2510. The van der Waals surface area contributed by atoms with E-state index in [1.54, 1.807) is 40.1 Å². The first-order chi connectivity index (χ1) is 33.3. The Morgan fingerprint density at radius 3 is 1.87 bits per heavy atom. The van der Waals surface area contributed by atoms with Crippen LogP contribution < -0.4 is 35.3 Å². The maximum Gasteiger partial charge on any atom is 0.261 e. The van der Waals surface area contributed by atoms with Crippen molar-refractivity contribution in [3.05, 3.63) is 109 Å². The molecule has 5 aromatic rings. The number of nitrogens with zero attached hydrogens (tertiary/aromatic N) is 6. The number of nitrogens with one attached hydrogen (secondary N) is 3. The molecule has 3 fully saturated rings. The maximum absolute atomic E-state index is 12.8. The van der Waals surface area contributed by atoms with Gasteiger partial charge in [0.25, 0.3) is 14.2 Å². The molecule has 16 nitrogen and oxygen atoms in total. The molecule has 2 aromatic heterocycles. The summed E-state index contributed by atoms with van der Waals surface area (Å²) in [7, 11) is -8.85. The lowest BCUT2D eigenvalue weighted by atomic mass is 10.2. The first-order valence-electron chi connectivity index (χ1n) is 24.7. The Kier molecular flexibility index (Phi) is 16.5. The molecule has 0 spiro atoms. The minimum Gasteiger partial charge on any atom is -0.809 e. The Morgan fingerprint density at radius 1 is 0.797 bits per heavy atom.